The van der Waals surface area contributed by atoms with E-state index in [4.69, 9.17) is 4.52 Å². The number of rotatable bonds is 3. The van der Waals surface area contributed by atoms with E-state index >= 15 is 0 Å². The van der Waals surface area contributed by atoms with Gasteiger partial charge in [-0.05, 0) is 48.4 Å². The minimum atomic E-state index is -0.207. The van der Waals surface area contributed by atoms with Crippen LogP contribution in [0.1, 0.15) is 33.4 Å². The molecule has 0 saturated carbocycles. The van der Waals surface area contributed by atoms with E-state index in [0.29, 0.717) is 5.69 Å². The van der Waals surface area contributed by atoms with Crippen molar-refractivity contribution in [3.05, 3.63) is 57.4 Å². The van der Waals surface area contributed by atoms with Crippen molar-refractivity contribution in [2.24, 2.45) is 0 Å². The lowest BCUT2D eigenvalue weighted by Crippen LogP contribution is -2.15. The molecule has 0 saturated heterocycles. The Bertz CT molecular complexity index is 879. The molecule has 0 bridgehead atoms. The Hall–Kier alpha value is -2.40. The molecule has 0 spiro atoms. The number of hydrogen-bond acceptors (Lipinski definition) is 4. The van der Waals surface area contributed by atoms with Gasteiger partial charge in [0.05, 0.1) is 0 Å². The quantitative estimate of drug-likeness (QED) is 0.781. The van der Waals surface area contributed by atoms with Crippen molar-refractivity contribution in [2.75, 3.05) is 5.32 Å². The summed E-state index contributed by atoms with van der Waals surface area (Å²) >= 11 is 1.72. The largest absolute Gasteiger partial charge is 0.355 e. The zero-order chi connectivity index (χ0) is 15.8. The summed E-state index contributed by atoms with van der Waals surface area (Å²) in [5, 5.41) is 9.01. The summed E-state index contributed by atoms with van der Waals surface area (Å²) < 4.78 is 5.47. The Morgan fingerprint density at radius 1 is 1.35 bits per heavy atom. The van der Waals surface area contributed by atoms with Gasteiger partial charge in [0, 0.05) is 21.7 Å². The molecule has 23 heavy (non-hydrogen) atoms. The van der Waals surface area contributed by atoms with Gasteiger partial charge in [-0.25, -0.2) is 0 Å². The first-order valence-corrected chi connectivity index (χ1v) is 8.60. The molecule has 5 heteroatoms. The highest BCUT2D eigenvalue weighted by atomic mass is 32.1. The van der Waals surface area contributed by atoms with E-state index in [-0.39, 0.29) is 5.91 Å². The second-order valence-corrected chi connectivity index (χ2v) is 6.61. The predicted molar refractivity (Wildman–Crippen MR) is 91.0 cm³/mol. The first-order chi connectivity index (χ1) is 11.3. The minimum Gasteiger partial charge on any atom is -0.355 e. The number of amides is 1. The molecular formula is C18H16N2O2S. The van der Waals surface area contributed by atoms with Gasteiger partial charge in [0.25, 0.3) is 5.91 Å². The third-order valence-corrected chi connectivity index (χ3v) is 5.17. The molecule has 0 atom stereocenters. The first kappa shape index (κ1) is 14.2. The second kappa shape index (κ2) is 5.66. The van der Waals surface area contributed by atoms with Crippen molar-refractivity contribution < 1.29 is 9.32 Å². The molecule has 1 aliphatic carbocycles. The van der Waals surface area contributed by atoms with E-state index in [1.54, 1.807) is 11.3 Å². The summed E-state index contributed by atoms with van der Waals surface area (Å²) in [5.74, 6) is 0.543. The van der Waals surface area contributed by atoms with E-state index in [9.17, 15) is 4.79 Å². The Kier molecular flexibility index (Phi) is 3.50. The van der Waals surface area contributed by atoms with Crippen LogP contribution < -0.4 is 5.32 Å². The van der Waals surface area contributed by atoms with Crippen LogP contribution >= 0.6 is 11.3 Å². The van der Waals surface area contributed by atoms with Crippen molar-refractivity contribution in [1.82, 2.24) is 5.16 Å². The standard InChI is InChI=1S/C18H16N2O2S/c1-2-11-4-3-5-12(10-11)19-18(21)16-14-6-7-15-13(8-9-23-15)17(14)22-20-16/h3-5,8-10H,2,6-7H2,1H3,(H,19,21). The maximum absolute atomic E-state index is 12.6. The number of anilines is 1. The van der Waals surface area contributed by atoms with Gasteiger partial charge >= 0.3 is 0 Å². The van der Waals surface area contributed by atoms with Crippen LogP contribution in [0.4, 0.5) is 5.69 Å². The third kappa shape index (κ3) is 2.47. The zero-order valence-electron chi connectivity index (χ0n) is 12.8. The number of nitrogens with one attached hydrogen (secondary N) is 1. The van der Waals surface area contributed by atoms with Crippen LogP contribution in [0.5, 0.6) is 0 Å². The summed E-state index contributed by atoms with van der Waals surface area (Å²) in [6.07, 6.45) is 2.67. The topological polar surface area (TPSA) is 55.1 Å². The first-order valence-electron chi connectivity index (χ1n) is 7.72. The van der Waals surface area contributed by atoms with Crippen LogP contribution in [-0.2, 0) is 19.3 Å². The summed E-state index contributed by atoms with van der Waals surface area (Å²) in [4.78, 5) is 13.9. The number of benzene rings is 1. The Balaban J connectivity index is 1.63. The molecule has 2 heterocycles. The van der Waals surface area contributed by atoms with Crippen molar-refractivity contribution in [3.63, 3.8) is 0 Å². The van der Waals surface area contributed by atoms with Crippen LogP contribution in [0.25, 0.3) is 11.3 Å². The van der Waals surface area contributed by atoms with E-state index in [1.165, 1.54) is 10.4 Å². The van der Waals surface area contributed by atoms with Gasteiger partial charge < -0.3 is 9.84 Å². The monoisotopic (exact) mass is 324 g/mol. The molecule has 3 aromatic rings. The van der Waals surface area contributed by atoms with Gasteiger partial charge in [-0.1, -0.05) is 24.2 Å². The molecular weight excluding hydrogens is 308 g/mol. The number of aryl methyl sites for hydroxylation is 2. The number of thiophene rings is 1. The number of nitrogens with zero attached hydrogens (tertiary/aromatic N) is 1. The molecule has 1 N–H and O–H groups in total. The second-order valence-electron chi connectivity index (χ2n) is 5.60. The fraction of sp³-hybridized carbons (Fsp3) is 0.222. The smallest absolute Gasteiger partial charge is 0.278 e. The van der Waals surface area contributed by atoms with E-state index < -0.39 is 0 Å². The van der Waals surface area contributed by atoms with Crippen LogP contribution in [-0.4, -0.2) is 11.1 Å². The third-order valence-electron chi connectivity index (χ3n) is 4.19. The summed E-state index contributed by atoms with van der Waals surface area (Å²) in [6, 6.07) is 9.91. The molecule has 0 aliphatic heterocycles. The zero-order valence-corrected chi connectivity index (χ0v) is 13.6. The van der Waals surface area contributed by atoms with Crippen molar-refractivity contribution in [3.8, 4) is 11.3 Å². The van der Waals surface area contributed by atoms with Gasteiger partial charge in [0.1, 0.15) is 0 Å². The average molecular weight is 324 g/mol. The molecule has 0 unspecified atom stereocenters. The van der Waals surface area contributed by atoms with Crippen LogP contribution in [0, 0.1) is 0 Å². The number of aromatic nitrogens is 1. The molecule has 4 nitrogen and oxygen atoms in total. The molecule has 1 aromatic carbocycles. The molecule has 116 valence electrons. The van der Waals surface area contributed by atoms with Gasteiger partial charge in [-0.3, -0.25) is 4.79 Å². The SMILES string of the molecule is CCc1cccc(NC(=O)c2noc3c2CCc2sccc2-3)c1. The van der Waals surface area contributed by atoms with Gasteiger partial charge in [0.15, 0.2) is 11.5 Å². The number of hydrogen-bond donors (Lipinski definition) is 1. The number of carbonyl (C=O) groups is 1. The highest BCUT2D eigenvalue weighted by molar-refractivity contribution is 7.10. The fourth-order valence-electron chi connectivity index (χ4n) is 2.97. The van der Waals surface area contributed by atoms with Gasteiger partial charge in [0.2, 0.25) is 0 Å². The summed E-state index contributed by atoms with van der Waals surface area (Å²) in [6.45, 7) is 2.09. The van der Waals surface area contributed by atoms with Gasteiger partial charge in [-0.2, -0.15) is 0 Å². The molecule has 1 amide bonds. The van der Waals surface area contributed by atoms with Crippen LogP contribution in [0.3, 0.4) is 0 Å². The normalized spacial score (nSPS) is 12.6. The van der Waals surface area contributed by atoms with E-state index in [0.717, 1.165) is 41.8 Å². The lowest BCUT2D eigenvalue weighted by atomic mass is 9.95. The van der Waals surface area contributed by atoms with Crippen LogP contribution in [0.2, 0.25) is 0 Å². The summed E-state index contributed by atoms with van der Waals surface area (Å²) in [7, 11) is 0. The predicted octanol–water partition coefficient (Wildman–Crippen LogP) is 4.32. The lowest BCUT2D eigenvalue weighted by Gasteiger charge is -2.10. The Morgan fingerprint density at radius 3 is 3.13 bits per heavy atom. The van der Waals surface area contributed by atoms with Crippen LogP contribution in [0.15, 0.2) is 40.2 Å². The fourth-order valence-corrected chi connectivity index (χ4v) is 3.84. The van der Waals surface area contributed by atoms with E-state index in [1.807, 2.05) is 30.3 Å². The molecule has 0 fully saturated rings. The highest BCUT2D eigenvalue weighted by Crippen LogP contribution is 2.38. The highest BCUT2D eigenvalue weighted by Gasteiger charge is 2.28. The molecule has 4 rings (SSSR count). The van der Waals surface area contributed by atoms with Gasteiger partial charge in [-0.15, -0.1) is 11.3 Å². The molecule has 1 aliphatic rings. The minimum absolute atomic E-state index is 0.207. The Labute approximate surface area is 138 Å². The summed E-state index contributed by atoms with van der Waals surface area (Å²) in [5.41, 5.74) is 4.38. The average Bonchev–Trinajstić information content (AvgIpc) is 3.20. The van der Waals surface area contributed by atoms with Crippen molar-refractivity contribution in [1.29, 1.82) is 0 Å². The maximum Gasteiger partial charge on any atom is 0.278 e. The Morgan fingerprint density at radius 2 is 2.26 bits per heavy atom. The number of carbonyl (C=O) groups excluding carboxylic acids is 1. The number of fused-ring (bicyclic) bond motifs is 3. The van der Waals surface area contributed by atoms with E-state index in [2.05, 4.69) is 22.8 Å². The molecule has 0 radical (unpaired) electrons. The maximum atomic E-state index is 12.6. The van der Waals surface area contributed by atoms with Crippen molar-refractivity contribution >= 4 is 22.9 Å². The molecule has 2 aromatic heterocycles. The lowest BCUT2D eigenvalue weighted by molar-refractivity contribution is 0.101. The van der Waals surface area contributed by atoms with Crippen molar-refractivity contribution in [2.45, 2.75) is 26.2 Å².